The monoisotopic (exact) mass is 200 g/mol. The van der Waals surface area contributed by atoms with Crippen molar-refractivity contribution in [3.05, 3.63) is 0 Å². The Balaban J connectivity index is 1.86. The first-order valence-corrected chi connectivity index (χ1v) is 5.72. The van der Waals surface area contributed by atoms with Crippen LogP contribution < -0.4 is 5.32 Å². The minimum absolute atomic E-state index is 0.230. The largest absolute Gasteiger partial charge is 0.390 e. The number of hydrogen-bond donors (Lipinski definition) is 2. The van der Waals surface area contributed by atoms with Crippen LogP contribution in [0, 0.1) is 5.92 Å². The molecule has 0 bridgehead atoms. The topological polar surface area (TPSA) is 35.5 Å². The molecule has 1 unspecified atom stereocenters. The number of rotatable bonds is 7. The standard InChI is InChI=1S/C11H24N2O/c1-13(2)9-11(14)8-12-7-6-10-4-3-5-10/h10-12,14H,3-9H2,1-2H3. The van der Waals surface area contributed by atoms with Gasteiger partial charge in [0.15, 0.2) is 0 Å². The van der Waals surface area contributed by atoms with E-state index in [1.807, 2.05) is 19.0 Å². The van der Waals surface area contributed by atoms with Crippen LogP contribution in [0.15, 0.2) is 0 Å². The van der Waals surface area contributed by atoms with Gasteiger partial charge in [0.05, 0.1) is 6.10 Å². The minimum Gasteiger partial charge on any atom is -0.390 e. The van der Waals surface area contributed by atoms with E-state index in [9.17, 15) is 5.11 Å². The van der Waals surface area contributed by atoms with Crippen molar-refractivity contribution in [2.24, 2.45) is 5.92 Å². The molecule has 0 spiro atoms. The summed E-state index contributed by atoms with van der Waals surface area (Å²) in [6.07, 6.45) is 5.32. The number of hydrogen-bond acceptors (Lipinski definition) is 3. The second-order valence-corrected chi connectivity index (χ2v) is 4.71. The normalized spacial score (nSPS) is 19.7. The van der Waals surface area contributed by atoms with E-state index in [1.54, 1.807) is 0 Å². The minimum atomic E-state index is -0.230. The van der Waals surface area contributed by atoms with Gasteiger partial charge in [0.1, 0.15) is 0 Å². The molecule has 0 aromatic rings. The molecular formula is C11H24N2O. The SMILES string of the molecule is CN(C)CC(O)CNCCC1CCC1. The molecule has 2 N–H and O–H groups in total. The molecule has 14 heavy (non-hydrogen) atoms. The van der Waals surface area contributed by atoms with Crippen LogP contribution >= 0.6 is 0 Å². The van der Waals surface area contributed by atoms with Gasteiger partial charge < -0.3 is 15.3 Å². The van der Waals surface area contributed by atoms with Crippen LogP contribution in [-0.2, 0) is 0 Å². The summed E-state index contributed by atoms with van der Waals surface area (Å²) in [7, 11) is 3.97. The van der Waals surface area contributed by atoms with Crippen molar-refractivity contribution in [2.75, 3.05) is 33.7 Å². The summed E-state index contributed by atoms with van der Waals surface area (Å²) in [5.74, 6) is 0.966. The molecule has 1 fully saturated rings. The number of aliphatic hydroxyl groups is 1. The highest BCUT2D eigenvalue weighted by Gasteiger charge is 2.16. The van der Waals surface area contributed by atoms with Crippen LogP contribution in [0.1, 0.15) is 25.7 Å². The van der Waals surface area contributed by atoms with E-state index in [4.69, 9.17) is 0 Å². The molecule has 0 saturated heterocycles. The quantitative estimate of drug-likeness (QED) is 0.594. The zero-order chi connectivity index (χ0) is 10.4. The Hall–Kier alpha value is -0.120. The van der Waals surface area contributed by atoms with E-state index < -0.39 is 0 Å². The maximum absolute atomic E-state index is 9.55. The Morgan fingerprint density at radius 3 is 2.64 bits per heavy atom. The summed E-state index contributed by atoms with van der Waals surface area (Å²) in [5.41, 5.74) is 0. The molecule has 1 saturated carbocycles. The fraction of sp³-hybridized carbons (Fsp3) is 1.00. The molecule has 1 rings (SSSR count). The van der Waals surface area contributed by atoms with Gasteiger partial charge in [-0.15, -0.1) is 0 Å². The summed E-state index contributed by atoms with van der Waals surface area (Å²) < 4.78 is 0. The lowest BCUT2D eigenvalue weighted by molar-refractivity contribution is 0.134. The zero-order valence-electron chi connectivity index (χ0n) is 9.50. The third-order valence-electron chi connectivity index (χ3n) is 2.91. The van der Waals surface area contributed by atoms with Crippen LogP contribution in [0.3, 0.4) is 0 Å². The molecule has 1 aliphatic rings. The smallest absolute Gasteiger partial charge is 0.0791 e. The predicted octanol–water partition coefficient (Wildman–Crippen LogP) is 0.689. The predicted molar refractivity (Wildman–Crippen MR) is 59.4 cm³/mol. The fourth-order valence-electron chi connectivity index (χ4n) is 1.84. The van der Waals surface area contributed by atoms with Crippen LogP contribution in [0.25, 0.3) is 0 Å². The molecule has 0 aromatic heterocycles. The van der Waals surface area contributed by atoms with Gasteiger partial charge in [0.2, 0.25) is 0 Å². The maximum atomic E-state index is 9.55. The average molecular weight is 200 g/mol. The van der Waals surface area contributed by atoms with Gasteiger partial charge in [-0.2, -0.15) is 0 Å². The van der Waals surface area contributed by atoms with E-state index in [0.717, 1.165) is 25.6 Å². The van der Waals surface area contributed by atoms with Crippen molar-refractivity contribution in [2.45, 2.75) is 31.8 Å². The summed E-state index contributed by atoms with van der Waals surface area (Å²) in [6.45, 7) is 2.54. The average Bonchev–Trinajstić information content (AvgIpc) is 1.99. The third kappa shape index (κ3) is 4.94. The molecule has 1 atom stereocenters. The van der Waals surface area contributed by atoms with Crippen molar-refractivity contribution < 1.29 is 5.11 Å². The highest BCUT2D eigenvalue weighted by Crippen LogP contribution is 2.28. The Bertz CT molecular complexity index is 146. The molecule has 1 aliphatic carbocycles. The molecule has 3 heteroatoms. The van der Waals surface area contributed by atoms with Gasteiger partial charge in [-0.3, -0.25) is 0 Å². The summed E-state index contributed by atoms with van der Waals surface area (Å²) in [5, 5.41) is 12.9. The zero-order valence-corrected chi connectivity index (χ0v) is 9.50. The Morgan fingerprint density at radius 2 is 2.14 bits per heavy atom. The lowest BCUT2D eigenvalue weighted by atomic mass is 9.83. The molecule has 0 radical (unpaired) electrons. The first-order chi connectivity index (χ1) is 6.68. The van der Waals surface area contributed by atoms with Crippen LogP contribution in [-0.4, -0.2) is 49.8 Å². The molecular weight excluding hydrogens is 176 g/mol. The highest BCUT2D eigenvalue weighted by molar-refractivity contribution is 4.71. The van der Waals surface area contributed by atoms with Crippen molar-refractivity contribution >= 4 is 0 Å². The number of likely N-dealkylation sites (N-methyl/N-ethyl adjacent to an activating group) is 1. The van der Waals surface area contributed by atoms with E-state index >= 15 is 0 Å². The molecule has 0 aromatic carbocycles. The van der Waals surface area contributed by atoms with E-state index in [0.29, 0.717) is 0 Å². The molecule has 3 nitrogen and oxygen atoms in total. The Morgan fingerprint density at radius 1 is 1.43 bits per heavy atom. The number of nitrogens with zero attached hydrogens (tertiary/aromatic N) is 1. The summed E-state index contributed by atoms with van der Waals surface area (Å²) in [6, 6.07) is 0. The van der Waals surface area contributed by atoms with Crippen LogP contribution in [0.5, 0.6) is 0 Å². The van der Waals surface area contributed by atoms with Crippen molar-refractivity contribution in [1.29, 1.82) is 0 Å². The molecule has 84 valence electrons. The van der Waals surface area contributed by atoms with Gasteiger partial charge in [-0.1, -0.05) is 19.3 Å². The number of nitrogens with one attached hydrogen (secondary N) is 1. The maximum Gasteiger partial charge on any atom is 0.0791 e. The van der Waals surface area contributed by atoms with Crippen molar-refractivity contribution in [1.82, 2.24) is 10.2 Å². The van der Waals surface area contributed by atoms with E-state index in [1.165, 1.54) is 25.7 Å². The first-order valence-electron chi connectivity index (χ1n) is 5.72. The fourth-order valence-corrected chi connectivity index (χ4v) is 1.84. The lowest BCUT2D eigenvalue weighted by Gasteiger charge is -2.25. The highest BCUT2D eigenvalue weighted by atomic mass is 16.3. The Labute approximate surface area is 87.5 Å². The second kappa shape index (κ2) is 6.38. The first kappa shape index (κ1) is 12.0. The molecule has 0 aliphatic heterocycles. The molecule has 0 amide bonds. The van der Waals surface area contributed by atoms with E-state index in [2.05, 4.69) is 5.32 Å². The van der Waals surface area contributed by atoms with Gasteiger partial charge in [0.25, 0.3) is 0 Å². The van der Waals surface area contributed by atoms with Crippen LogP contribution in [0.2, 0.25) is 0 Å². The summed E-state index contributed by atoms with van der Waals surface area (Å²) in [4.78, 5) is 2.01. The van der Waals surface area contributed by atoms with Crippen molar-refractivity contribution in [3.8, 4) is 0 Å². The lowest BCUT2D eigenvalue weighted by Crippen LogP contribution is -2.35. The second-order valence-electron chi connectivity index (χ2n) is 4.71. The number of aliphatic hydroxyl groups excluding tert-OH is 1. The van der Waals surface area contributed by atoms with Gasteiger partial charge >= 0.3 is 0 Å². The van der Waals surface area contributed by atoms with Gasteiger partial charge in [-0.25, -0.2) is 0 Å². The van der Waals surface area contributed by atoms with Gasteiger partial charge in [-0.05, 0) is 33.0 Å². The van der Waals surface area contributed by atoms with Crippen LogP contribution in [0.4, 0.5) is 0 Å². The molecule has 0 heterocycles. The summed E-state index contributed by atoms with van der Waals surface area (Å²) >= 11 is 0. The Kier molecular flexibility index (Phi) is 5.45. The van der Waals surface area contributed by atoms with Gasteiger partial charge in [0, 0.05) is 13.1 Å². The third-order valence-corrected chi connectivity index (χ3v) is 2.91. The van der Waals surface area contributed by atoms with E-state index in [-0.39, 0.29) is 6.10 Å². The van der Waals surface area contributed by atoms with Crippen molar-refractivity contribution in [3.63, 3.8) is 0 Å².